The van der Waals surface area contributed by atoms with Crippen LogP contribution >= 0.6 is 0 Å². The molecule has 0 fully saturated rings. The van der Waals surface area contributed by atoms with Gasteiger partial charge in [-0.15, -0.1) is 0 Å². The van der Waals surface area contributed by atoms with E-state index in [0.29, 0.717) is 17.1 Å². The van der Waals surface area contributed by atoms with Gasteiger partial charge >= 0.3 is 0 Å². The number of hydrogen-bond donors (Lipinski definition) is 1. The molecule has 0 aliphatic rings. The fourth-order valence-electron chi connectivity index (χ4n) is 3.67. The topological polar surface area (TPSA) is 65.4 Å². The van der Waals surface area contributed by atoms with Crippen molar-refractivity contribution in [1.29, 1.82) is 0 Å². The number of benzene rings is 2. The maximum atomic E-state index is 12.7. The summed E-state index contributed by atoms with van der Waals surface area (Å²) in [5, 5.41) is 4.80. The van der Waals surface area contributed by atoms with Crippen molar-refractivity contribution in [2.45, 2.75) is 26.8 Å². The maximum Gasteiger partial charge on any atom is 0.253 e. The average Bonchev–Trinajstić information content (AvgIpc) is 2.97. The molecule has 30 heavy (non-hydrogen) atoms. The van der Waals surface area contributed by atoms with Gasteiger partial charge in [0.2, 0.25) is 0 Å². The smallest absolute Gasteiger partial charge is 0.253 e. The molecule has 154 valence electrons. The molecule has 4 rings (SSSR count). The highest BCUT2D eigenvalue weighted by Crippen LogP contribution is 2.34. The van der Waals surface area contributed by atoms with Gasteiger partial charge in [-0.3, -0.25) is 9.78 Å². The number of aryl methyl sites for hydroxylation is 1. The number of ether oxygens (including phenoxy) is 2. The predicted molar refractivity (Wildman–Crippen MR) is 119 cm³/mol. The number of amides is 1. The molecule has 6 nitrogen and oxygen atoms in total. The summed E-state index contributed by atoms with van der Waals surface area (Å²) in [5.41, 5.74) is 3.37. The number of hydrogen-bond acceptors (Lipinski definition) is 4. The first-order chi connectivity index (χ1) is 14.4. The van der Waals surface area contributed by atoms with Crippen LogP contribution < -0.4 is 14.8 Å². The number of nitrogens with zero attached hydrogens (tertiary/aromatic N) is 2. The summed E-state index contributed by atoms with van der Waals surface area (Å²) in [6.07, 6.45) is 1.72. The molecule has 0 unspecified atom stereocenters. The number of methoxy groups -OCH3 is 1. The number of pyridine rings is 1. The molecule has 2 heterocycles. The molecule has 0 aliphatic carbocycles. The lowest BCUT2D eigenvalue weighted by atomic mass is 10.1. The highest BCUT2D eigenvalue weighted by molar-refractivity contribution is 6.08. The second kappa shape index (κ2) is 7.71. The quantitative estimate of drug-likeness (QED) is 0.511. The molecule has 2 aromatic heterocycles. The van der Waals surface area contributed by atoms with Crippen molar-refractivity contribution in [2.75, 3.05) is 7.11 Å². The van der Waals surface area contributed by atoms with Gasteiger partial charge in [0.1, 0.15) is 17.2 Å². The SMILES string of the molecule is COc1ccc2c(Oc3ccc4c(C(=O)NC(C)C)c(C)n(C)c4c3)ccnc2c1. The van der Waals surface area contributed by atoms with Gasteiger partial charge in [0.15, 0.2) is 0 Å². The maximum absolute atomic E-state index is 12.7. The number of rotatable bonds is 5. The molecular formula is C24H25N3O3. The molecule has 1 N–H and O–H groups in total. The molecule has 4 aromatic rings. The van der Waals surface area contributed by atoms with Gasteiger partial charge in [-0.1, -0.05) is 0 Å². The van der Waals surface area contributed by atoms with Crippen molar-refractivity contribution < 1.29 is 14.3 Å². The minimum Gasteiger partial charge on any atom is -0.497 e. The van der Waals surface area contributed by atoms with Crippen molar-refractivity contribution in [3.05, 3.63) is 59.9 Å². The van der Waals surface area contributed by atoms with Crippen LogP contribution in [0.2, 0.25) is 0 Å². The van der Waals surface area contributed by atoms with E-state index in [9.17, 15) is 4.79 Å². The first kappa shape index (κ1) is 19.8. The highest BCUT2D eigenvalue weighted by Gasteiger charge is 2.19. The van der Waals surface area contributed by atoms with Crippen LogP contribution in [-0.4, -0.2) is 28.6 Å². The Balaban J connectivity index is 1.74. The van der Waals surface area contributed by atoms with E-state index in [-0.39, 0.29) is 11.9 Å². The van der Waals surface area contributed by atoms with E-state index in [0.717, 1.165) is 33.2 Å². The lowest BCUT2D eigenvalue weighted by Crippen LogP contribution is -2.30. The fourth-order valence-corrected chi connectivity index (χ4v) is 3.67. The number of fused-ring (bicyclic) bond motifs is 2. The molecule has 0 saturated carbocycles. The Bertz CT molecular complexity index is 1260. The number of carbonyl (C=O) groups excluding carboxylic acids is 1. The van der Waals surface area contributed by atoms with Crippen molar-refractivity contribution in [3.63, 3.8) is 0 Å². The molecule has 0 aliphatic heterocycles. The lowest BCUT2D eigenvalue weighted by Gasteiger charge is -2.10. The normalized spacial score (nSPS) is 11.3. The van der Waals surface area contributed by atoms with E-state index in [2.05, 4.69) is 10.3 Å². The van der Waals surface area contributed by atoms with Crippen molar-refractivity contribution >= 4 is 27.7 Å². The largest absolute Gasteiger partial charge is 0.497 e. The zero-order valence-electron chi connectivity index (χ0n) is 17.8. The van der Waals surface area contributed by atoms with E-state index < -0.39 is 0 Å². The van der Waals surface area contributed by atoms with E-state index in [1.54, 1.807) is 13.3 Å². The monoisotopic (exact) mass is 403 g/mol. The third-order valence-corrected chi connectivity index (χ3v) is 5.25. The second-order valence-corrected chi connectivity index (χ2v) is 7.62. The van der Waals surface area contributed by atoms with Gasteiger partial charge in [0.25, 0.3) is 5.91 Å². The van der Waals surface area contributed by atoms with Crippen LogP contribution in [0.25, 0.3) is 21.8 Å². The van der Waals surface area contributed by atoms with Gasteiger partial charge in [-0.05, 0) is 51.1 Å². The summed E-state index contributed by atoms with van der Waals surface area (Å²) in [7, 11) is 3.59. The Morgan fingerprint density at radius 2 is 1.80 bits per heavy atom. The molecule has 6 heteroatoms. The number of nitrogens with one attached hydrogen (secondary N) is 1. The van der Waals surface area contributed by atoms with Crippen LogP contribution in [0.5, 0.6) is 17.2 Å². The predicted octanol–water partition coefficient (Wildman–Crippen LogP) is 4.97. The summed E-state index contributed by atoms with van der Waals surface area (Å²) in [4.78, 5) is 17.1. The van der Waals surface area contributed by atoms with Crippen LogP contribution in [0.4, 0.5) is 0 Å². The molecule has 0 saturated heterocycles. The van der Waals surface area contributed by atoms with Crippen molar-refractivity contribution in [3.8, 4) is 17.2 Å². The second-order valence-electron chi connectivity index (χ2n) is 7.62. The minimum absolute atomic E-state index is 0.0594. The Hall–Kier alpha value is -3.54. The van der Waals surface area contributed by atoms with E-state index in [4.69, 9.17) is 9.47 Å². The third-order valence-electron chi connectivity index (χ3n) is 5.25. The van der Waals surface area contributed by atoms with Crippen molar-refractivity contribution in [1.82, 2.24) is 14.9 Å². The third kappa shape index (κ3) is 3.45. The van der Waals surface area contributed by atoms with Gasteiger partial charge < -0.3 is 19.4 Å². The molecule has 1 amide bonds. The summed E-state index contributed by atoms with van der Waals surface area (Å²) < 4.78 is 13.5. The van der Waals surface area contributed by atoms with Crippen LogP contribution in [-0.2, 0) is 7.05 Å². The first-order valence-corrected chi connectivity index (χ1v) is 9.89. The average molecular weight is 403 g/mol. The lowest BCUT2D eigenvalue weighted by molar-refractivity contribution is 0.0944. The summed E-state index contributed by atoms with van der Waals surface area (Å²) in [6.45, 7) is 5.87. The minimum atomic E-state index is -0.0594. The van der Waals surface area contributed by atoms with Gasteiger partial charge in [-0.2, -0.15) is 0 Å². The Morgan fingerprint density at radius 3 is 2.53 bits per heavy atom. The van der Waals surface area contributed by atoms with E-state index in [1.807, 2.05) is 74.9 Å². The first-order valence-electron chi connectivity index (χ1n) is 9.89. The summed E-state index contributed by atoms with van der Waals surface area (Å²) in [5.74, 6) is 2.10. The fraction of sp³-hybridized carbons (Fsp3) is 0.250. The van der Waals surface area contributed by atoms with Crippen LogP contribution in [0.15, 0.2) is 48.7 Å². The van der Waals surface area contributed by atoms with Gasteiger partial charge in [0.05, 0.1) is 23.7 Å². The zero-order valence-corrected chi connectivity index (χ0v) is 17.8. The standard InChI is InChI=1S/C24H25N3O3/c1-14(2)26-24(28)23-15(3)27(4)21-13-17(7-9-19(21)23)30-22-10-11-25-20-12-16(29-5)6-8-18(20)22/h6-14H,1-5H3,(H,26,28). The molecule has 0 bridgehead atoms. The van der Waals surface area contributed by atoms with Crippen LogP contribution in [0.1, 0.15) is 29.9 Å². The van der Waals surface area contributed by atoms with Gasteiger partial charge in [-0.25, -0.2) is 0 Å². The molecule has 0 spiro atoms. The summed E-state index contributed by atoms with van der Waals surface area (Å²) in [6, 6.07) is 13.4. The Morgan fingerprint density at radius 1 is 1.07 bits per heavy atom. The number of aromatic nitrogens is 2. The van der Waals surface area contributed by atoms with E-state index in [1.165, 1.54) is 0 Å². The van der Waals surface area contributed by atoms with Crippen LogP contribution in [0.3, 0.4) is 0 Å². The molecule has 2 aromatic carbocycles. The zero-order chi connectivity index (χ0) is 21.4. The Labute approximate surface area is 175 Å². The molecule has 0 atom stereocenters. The molecular weight excluding hydrogens is 378 g/mol. The molecule has 0 radical (unpaired) electrons. The Kier molecular flexibility index (Phi) is 5.08. The van der Waals surface area contributed by atoms with Gasteiger partial charge in [0, 0.05) is 47.9 Å². The van der Waals surface area contributed by atoms with Crippen molar-refractivity contribution in [2.24, 2.45) is 7.05 Å². The van der Waals surface area contributed by atoms with E-state index >= 15 is 0 Å². The summed E-state index contributed by atoms with van der Waals surface area (Å²) >= 11 is 0. The van der Waals surface area contributed by atoms with Crippen LogP contribution in [0, 0.1) is 6.92 Å². The highest BCUT2D eigenvalue weighted by atomic mass is 16.5. The number of carbonyl (C=O) groups is 1.